The van der Waals surface area contributed by atoms with E-state index < -0.39 is 0 Å². The zero-order chi connectivity index (χ0) is 12.5. The van der Waals surface area contributed by atoms with E-state index in [0.717, 1.165) is 24.6 Å². The largest absolute Gasteiger partial charge is 0.474 e. The zero-order valence-electron chi connectivity index (χ0n) is 10.9. The summed E-state index contributed by atoms with van der Waals surface area (Å²) in [5, 5.41) is 0. The van der Waals surface area contributed by atoms with Gasteiger partial charge in [0.25, 0.3) is 0 Å². The minimum Gasteiger partial charge on any atom is -0.474 e. The highest BCUT2D eigenvalue weighted by Crippen LogP contribution is 2.39. The standard InChI is InChI=1S/C14H21N3O/c1-9-2-6-11(7-3-9)18-13-8-12(15)16-14(17-13)10-4-5-10/h8-11H,2-7H2,1H3,(H2,15,16,17). The predicted molar refractivity (Wildman–Crippen MR) is 70.5 cm³/mol. The van der Waals surface area contributed by atoms with Crippen molar-refractivity contribution < 1.29 is 4.74 Å². The van der Waals surface area contributed by atoms with Crippen molar-refractivity contribution in [2.45, 2.75) is 57.5 Å². The lowest BCUT2D eigenvalue weighted by atomic mass is 9.89. The minimum absolute atomic E-state index is 0.308. The quantitative estimate of drug-likeness (QED) is 0.892. The Morgan fingerprint density at radius 1 is 1.11 bits per heavy atom. The molecule has 0 saturated heterocycles. The number of nitrogens with zero attached hydrogens (tertiary/aromatic N) is 2. The van der Waals surface area contributed by atoms with Gasteiger partial charge in [-0.1, -0.05) is 6.92 Å². The van der Waals surface area contributed by atoms with Gasteiger partial charge in [0.2, 0.25) is 5.88 Å². The van der Waals surface area contributed by atoms with E-state index in [1.165, 1.54) is 25.7 Å². The number of hydrogen-bond acceptors (Lipinski definition) is 4. The van der Waals surface area contributed by atoms with Crippen LogP contribution < -0.4 is 10.5 Å². The molecule has 4 heteroatoms. The third-order valence-electron chi connectivity index (χ3n) is 3.93. The fourth-order valence-corrected chi connectivity index (χ4v) is 2.56. The van der Waals surface area contributed by atoms with E-state index in [2.05, 4.69) is 16.9 Å². The van der Waals surface area contributed by atoms with Gasteiger partial charge in [0.1, 0.15) is 17.7 Å². The van der Waals surface area contributed by atoms with Gasteiger partial charge in [0.15, 0.2) is 0 Å². The number of rotatable bonds is 3. The van der Waals surface area contributed by atoms with Crippen LogP contribution in [0.5, 0.6) is 5.88 Å². The maximum absolute atomic E-state index is 5.97. The summed E-state index contributed by atoms with van der Waals surface area (Å²) in [4.78, 5) is 8.78. The predicted octanol–water partition coefficient (Wildman–Crippen LogP) is 2.89. The van der Waals surface area contributed by atoms with Crippen molar-refractivity contribution in [3.05, 3.63) is 11.9 Å². The molecule has 0 aliphatic heterocycles. The first-order valence-electron chi connectivity index (χ1n) is 7.02. The van der Waals surface area contributed by atoms with Crippen molar-refractivity contribution in [2.75, 3.05) is 5.73 Å². The van der Waals surface area contributed by atoms with Gasteiger partial charge < -0.3 is 10.5 Å². The molecule has 0 atom stereocenters. The van der Waals surface area contributed by atoms with Crippen LogP contribution in [0.25, 0.3) is 0 Å². The van der Waals surface area contributed by atoms with E-state index in [0.29, 0.717) is 23.7 Å². The van der Waals surface area contributed by atoms with Crippen molar-refractivity contribution in [3.63, 3.8) is 0 Å². The van der Waals surface area contributed by atoms with Crippen LogP contribution in [-0.2, 0) is 0 Å². The number of anilines is 1. The molecule has 0 radical (unpaired) electrons. The zero-order valence-corrected chi connectivity index (χ0v) is 10.9. The molecular formula is C14H21N3O. The smallest absolute Gasteiger partial charge is 0.219 e. The van der Waals surface area contributed by atoms with Gasteiger partial charge >= 0.3 is 0 Å². The Labute approximate surface area is 108 Å². The lowest BCUT2D eigenvalue weighted by Crippen LogP contribution is -2.23. The topological polar surface area (TPSA) is 61.0 Å². The molecule has 3 rings (SSSR count). The number of aromatic nitrogens is 2. The molecule has 2 aliphatic rings. The molecule has 2 fully saturated rings. The van der Waals surface area contributed by atoms with Crippen molar-refractivity contribution >= 4 is 5.82 Å². The maximum atomic E-state index is 5.97. The van der Waals surface area contributed by atoms with Crippen LogP contribution in [0.4, 0.5) is 5.82 Å². The molecule has 0 aromatic carbocycles. The first-order valence-corrected chi connectivity index (χ1v) is 7.02. The molecular weight excluding hydrogens is 226 g/mol. The second-order valence-electron chi connectivity index (χ2n) is 5.76. The summed E-state index contributed by atoms with van der Waals surface area (Å²) in [6.07, 6.45) is 7.44. The summed E-state index contributed by atoms with van der Waals surface area (Å²) in [6.45, 7) is 2.31. The average Bonchev–Trinajstić information content (AvgIpc) is 3.15. The van der Waals surface area contributed by atoms with Crippen molar-refractivity contribution in [2.24, 2.45) is 5.92 Å². The van der Waals surface area contributed by atoms with Gasteiger partial charge in [-0.2, -0.15) is 4.98 Å². The van der Waals surface area contributed by atoms with Crippen LogP contribution >= 0.6 is 0 Å². The first kappa shape index (κ1) is 11.8. The van der Waals surface area contributed by atoms with E-state index in [-0.39, 0.29) is 0 Å². The molecule has 1 aromatic rings. The fourth-order valence-electron chi connectivity index (χ4n) is 2.56. The van der Waals surface area contributed by atoms with Crippen LogP contribution in [0.3, 0.4) is 0 Å². The average molecular weight is 247 g/mol. The maximum Gasteiger partial charge on any atom is 0.219 e. The van der Waals surface area contributed by atoms with Crippen molar-refractivity contribution in [3.8, 4) is 5.88 Å². The van der Waals surface area contributed by atoms with Gasteiger partial charge in [-0.15, -0.1) is 0 Å². The number of hydrogen-bond donors (Lipinski definition) is 1. The minimum atomic E-state index is 0.308. The SMILES string of the molecule is CC1CCC(Oc2cc(N)nc(C3CC3)n2)CC1. The summed E-state index contributed by atoms with van der Waals surface area (Å²) in [7, 11) is 0. The van der Waals surface area contributed by atoms with Crippen LogP contribution in [0.15, 0.2) is 6.07 Å². The summed E-state index contributed by atoms with van der Waals surface area (Å²) in [5.74, 6) is 3.42. The van der Waals surface area contributed by atoms with Crippen LogP contribution in [0.2, 0.25) is 0 Å². The van der Waals surface area contributed by atoms with Crippen LogP contribution in [-0.4, -0.2) is 16.1 Å². The number of nitrogen functional groups attached to an aromatic ring is 1. The lowest BCUT2D eigenvalue weighted by molar-refractivity contribution is 0.129. The van der Waals surface area contributed by atoms with E-state index in [1.807, 2.05) is 0 Å². The van der Waals surface area contributed by atoms with E-state index in [4.69, 9.17) is 10.5 Å². The second kappa shape index (κ2) is 4.75. The van der Waals surface area contributed by atoms with Gasteiger partial charge in [-0.05, 0) is 44.4 Å². The first-order chi connectivity index (χ1) is 8.70. The molecule has 4 nitrogen and oxygen atoms in total. The highest BCUT2D eigenvalue weighted by molar-refractivity contribution is 5.34. The molecule has 2 N–H and O–H groups in total. The van der Waals surface area contributed by atoms with Crippen molar-refractivity contribution in [1.29, 1.82) is 0 Å². The monoisotopic (exact) mass is 247 g/mol. The van der Waals surface area contributed by atoms with Crippen LogP contribution in [0, 0.1) is 5.92 Å². The van der Waals surface area contributed by atoms with Gasteiger partial charge in [-0.3, -0.25) is 0 Å². The molecule has 98 valence electrons. The third kappa shape index (κ3) is 2.74. The van der Waals surface area contributed by atoms with Crippen molar-refractivity contribution in [1.82, 2.24) is 9.97 Å². The number of ether oxygens (including phenoxy) is 1. The summed E-state index contributed by atoms with van der Waals surface area (Å²) >= 11 is 0. The Balaban J connectivity index is 1.68. The summed E-state index contributed by atoms with van der Waals surface area (Å²) < 4.78 is 5.97. The molecule has 2 aliphatic carbocycles. The molecule has 0 amide bonds. The molecule has 2 saturated carbocycles. The highest BCUT2D eigenvalue weighted by atomic mass is 16.5. The Kier molecular flexibility index (Phi) is 3.10. The molecule has 1 heterocycles. The Hall–Kier alpha value is -1.32. The van der Waals surface area contributed by atoms with E-state index >= 15 is 0 Å². The summed E-state index contributed by atoms with van der Waals surface area (Å²) in [6, 6.07) is 1.75. The second-order valence-corrected chi connectivity index (χ2v) is 5.76. The fraction of sp³-hybridized carbons (Fsp3) is 0.714. The van der Waals surface area contributed by atoms with Crippen LogP contribution in [0.1, 0.15) is 57.2 Å². The third-order valence-corrected chi connectivity index (χ3v) is 3.93. The molecule has 0 bridgehead atoms. The van der Waals surface area contributed by atoms with E-state index in [1.54, 1.807) is 6.07 Å². The van der Waals surface area contributed by atoms with Gasteiger partial charge in [-0.25, -0.2) is 4.98 Å². The molecule has 18 heavy (non-hydrogen) atoms. The molecule has 0 spiro atoms. The number of nitrogens with two attached hydrogens (primary N) is 1. The summed E-state index contributed by atoms with van der Waals surface area (Å²) in [5.41, 5.74) is 5.82. The lowest BCUT2D eigenvalue weighted by Gasteiger charge is -2.26. The Bertz CT molecular complexity index is 423. The highest BCUT2D eigenvalue weighted by Gasteiger charge is 2.28. The van der Waals surface area contributed by atoms with Gasteiger partial charge in [0, 0.05) is 12.0 Å². The Morgan fingerprint density at radius 3 is 2.50 bits per heavy atom. The molecule has 0 unspecified atom stereocenters. The Morgan fingerprint density at radius 2 is 1.83 bits per heavy atom. The van der Waals surface area contributed by atoms with E-state index in [9.17, 15) is 0 Å². The molecule has 1 aromatic heterocycles. The van der Waals surface area contributed by atoms with Gasteiger partial charge in [0.05, 0.1) is 0 Å². The normalized spacial score (nSPS) is 28.1.